The maximum Gasteiger partial charge on any atom is 0.387 e. The Kier molecular flexibility index (Phi) is 5.25. The van der Waals surface area contributed by atoms with E-state index in [0.29, 0.717) is 22.9 Å². The Labute approximate surface area is 174 Å². The molecule has 1 aliphatic rings. The highest BCUT2D eigenvalue weighted by Crippen LogP contribution is 2.42. The van der Waals surface area contributed by atoms with Gasteiger partial charge in [-0.1, -0.05) is 17.7 Å². The van der Waals surface area contributed by atoms with E-state index < -0.39 is 6.61 Å². The number of hydrogen-bond donors (Lipinski definition) is 1. The van der Waals surface area contributed by atoms with E-state index in [1.54, 1.807) is 24.3 Å². The SMILES string of the molecule is COc1cc(C2CC(=O)Nc3c2c(C)nn3-c2ccc(Cl)nn2)ccc1OC(F)F. The Morgan fingerprint density at radius 3 is 2.70 bits per heavy atom. The zero-order chi connectivity index (χ0) is 21.4. The summed E-state index contributed by atoms with van der Waals surface area (Å²) in [6.07, 6.45) is 0.157. The number of hydrogen-bond acceptors (Lipinski definition) is 6. The van der Waals surface area contributed by atoms with Crippen LogP contribution in [0, 0.1) is 6.92 Å². The van der Waals surface area contributed by atoms with Gasteiger partial charge in [0.25, 0.3) is 0 Å². The molecule has 4 rings (SSSR count). The molecule has 1 atom stereocenters. The van der Waals surface area contributed by atoms with Crippen molar-refractivity contribution in [3.8, 4) is 17.3 Å². The third-order valence-corrected chi connectivity index (χ3v) is 4.95. The molecule has 1 amide bonds. The minimum atomic E-state index is -2.97. The molecule has 2 aromatic heterocycles. The third-order valence-electron chi connectivity index (χ3n) is 4.74. The van der Waals surface area contributed by atoms with Crippen molar-refractivity contribution in [2.24, 2.45) is 0 Å². The number of rotatable bonds is 5. The average molecular weight is 436 g/mol. The summed E-state index contributed by atoms with van der Waals surface area (Å²) in [5.41, 5.74) is 2.17. The molecule has 0 radical (unpaired) electrons. The van der Waals surface area contributed by atoms with E-state index in [4.69, 9.17) is 16.3 Å². The van der Waals surface area contributed by atoms with Crippen molar-refractivity contribution in [1.29, 1.82) is 0 Å². The maximum atomic E-state index is 12.6. The van der Waals surface area contributed by atoms with Gasteiger partial charge < -0.3 is 14.8 Å². The lowest BCUT2D eigenvalue weighted by Crippen LogP contribution is -2.25. The number of benzene rings is 1. The Bertz CT molecular complexity index is 1100. The van der Waals surface area contributed by atoms with Crippen molar-refractivity contribution in [1.82, 2.24) is 20.0 Å². The predicted octanol–water partition coefficient (Wildman–Crippen LogP) is 3.71. The zero-order valence-corrected chi connectivity index (χ0v) is 16.7. The molecule has 3 heterocycles. The number of anilines is 1. The van der Waals surface area contributed by atoms with Crippen LogP contribution in [0.5, 0.6) is 11.5 Å². The molecule has 30 heavy (non-hydrogen) atoms. The van der Waals surface area contributed by atoms with Crippen LogP contribution in [0.1, 0.15) is 29.2 Å². The molecule has 1 aromatic carbocycles. The summed E-state index contributed by atoms with van der Waals surface area (Å²) in [5.74, 6) is 0.342. The number of carbonyl (C=O) groups is 1. The van der Waals surface area contributed by atoms with E-state index in [1.807, 2.05) is 6.92 Å². The summed E-state index contributed by atoms with van der Waals surface area (Å²) in [5, 5.41) is 15.4. The average Bonchev–Trinajstić information content (AvgIpc) is 3.04. The number of aromatic nitrogens is 4. The molecule has 8 nitrogen and oxygen atoms in total. The molecule has 0 aliphatic carbocycles. The molecule has 0 fully saturated rings. The van der Waals surface area contributed by atoms with E-state index in [1.165, 1.54) is 17.9 Å². The highest BCUT2D eigenvalue weighted by atomic mass is 35.5. The van der Waals surface area contributed by atoms with Crippen LogP contribution < -0.4 is 14.8 Å². The maximum absolute atomic E-state index is 12.6. The summed E-state index contributed by atoms with van der Waals surface area (Å²) < 4.78 is 36.4. The van der Waals surface area contributed by atoms with Gasteiger partial charge in [-0.2, -0.15) is 18.6 Å². The first-order chi connectivity index (χ1) is 14.4. The van der Waals surface area contributed by atoms with Crippen molar-refractivity contribution in [2.75, 3.05) is 12.4 Å². The molecule has 1 N–H and O–H groups in total. The number of nitrogens with one attached hydrogen (secondary N) is 1. The second-order valence-corrected chi connectivity index (χ2v) is 6.95. The number of nitrogens with zero attached hydrogens (tertiary/aromatic N) is 4. The lowest BCUT2D eigenvalue weighted by molar-refractivity contribution is -0.116. The van der Waals surface area contributed by atoms with Crippen LogP contribution in [0.4, 0.5) is 14.6 Å². The lowest BCUT2D eigenvalue weighted by Gasteiger charge is -2.25. The first-order valence-electron chi connectivity index (χ1n) is 8.89. The van der Waals surface area contributed by atoms with Gasteiger partial charge in [0.15, 0.2) is 22.5 Å². The highest BCUT2D eigenvalue weighted by molar-refractivity contribution is 6.29. The summed E-state index contributed by atoms with van der Waals surface area (Å²) in [6, 6.07) is 7.83. The van der Waals surface area contributed by atoms with Crippen LogP contribution in [-0.2, 0) is 4.79 Å². The molecular formula is C19H16ClF2N5O3. The fourth-order valence-corrected chi connectivity index (χ4v) is 3.61. The standard InChI is InChI=1S/C19H16ClF2N5O3/c1-9-17-11(10-3-4-12(30-19(21)22)13(7-10)29-2)8-16(28)23-18(17)27(26-9)15-6-5-14(20)24-25-15/h3-7,11,19H,8H2,1-2H3,(H,23,28). The Morgan fingerprint density at radius 1 is 1.23 bits per heavy atom. The normalized spacial score (nSPS) is 15.7. The molecule has 11 heteroatoms. The number of halogens is 3. The fraction of sp³-hybridized carbons (Fsp3) is 0.263. The van der Waals surface area contributed by atoms with Crippen LogP contribution >= 0.6 is 11.6 Å². The first-order valence-corrected chi connectivity index (χ1v) is 9.27. The van der Waals surface area contributed by atoms with E-state index in [9.17, 15) is 13.6 Å². The first kappa shape index (κ1) is 20.0. The molecule has 3 aromatic rings. The number of carbonyl (C=O) groups excluding carboxylic acids is 1. The Morgan fingerprint density at radius 2 is 2.03 bits per heavy atom. The minimum Gasteiger partial charge on any atom is -0.493 e. The smallest absolute Gasteiger partial charge is 0.387 e. The molecule has 0 saturated heterocycles. The van der Waals surface area contributed by atoms with Gasteiger partial charge in [-0.15, -0.1) is 10.2 Å². The number of aryl methyl sites for hydroxylation is 1. The summed E-state index contributed by atoms with van der Waals surface area (Å²) >= 11 is 5.80. The van der Waals surface area contributed by atoms with Crippen molar-refractivity contribution in [3.63, 3.8) is 0 Å². The largest absolute Gasteiger partial charge is 0.493 e. The number of methoxy groups -OCH3 is 1. The van der Waals surface area contributed by atoms with E-state index in [-0.39, 0.29) is 34.9 Å². The van der Waals surface area contributed by atoms with Crippen LogP contribution in [0.2, 0.25) is 5.15 Å². The lowest BCUT2D eigenvalue weighted by atomic mass is 9.85. The van der Waals surface area contributed by atoms with Crippen molar-refractivity contribution in [3.05, 3.63) is 52.3 Å². The summed E-state index contributed by atoms with van der Waals surface area (Å²) in [6.45, 7) is -1.16. The molecule has 0 spiro atoms. The quantitative estimate of drug-likeness (QED) is 0.657. The van der Waals surface area contributed by atoms with Gasteiger partial charge in [0.2, 0.25) is 5.91 Å². The predicted molar refractivity (Wildman–Crippen MR) is 104 cm³/mol. The molecule has 1 aliphatic heterocycles. The number of ether oxygens (including phenoxy) is 2. The van der Waals surface area contributed by atoms with E-state index in [0.717, 1.165) is 5.56 Å². The minimum absolute atomic E-state index is 0.0828. The van der Waals surface area contributed by atoms with Gasteiger partial charge in [-0.25, -0.2) is 0 Å². The van der Waals surface area contributed by atoms with Crippen molar-refractivity contribution >= 4 is 23.3 Å². The molecular weight excluding hydrogens is 420 g/mol. The fourth-order valence-electron chi connectivity index (χ4n) is 3.51. The van der Waals surface area contributed by atoms with Gasteiger partial charge in [-0.05, 0) is 36.8 Å². The number of fused-ring (bicyclic) bond motifs is 1. The van der Waals surface area contributed by atoms with Crippen LogP contribution in [0.15, 0.2) is 30.3 Å². The van der Waals surface area contributed by atoms with E-state index in [2.05, 4.69) is 25.3 Å². The number of amides is 1. The zero-order valence-electron chi connectivity index (χ0n) is 15.9. The third kappa shape index (κ3) is 3.65. The van der Waals surface area contributed by atoms with Crippen molar-refractivity contribution < 1.29 is 23.0 Å². The van der Waals surface area contributed by atoms with Gasteiger partial charge in [0, 0.05) is 17.9 Å². The Hall–Kier alpha value is -3.27. The molecule has 156 valence electrons. The van der Waals surface area contributed by atoms with Crippen LogP contribution in [0.25, 0.3) is 5.82 Å². The summed E-state index contributed by atoms with van der Waals surface area (Å²) in [4.78, 5) is 12.5. The van der Waals surface area contributed by atoms with Gasteiger partial charge in [0.1, 0.15) is 5.82 Å². The molecule has 0 saturated carbocycles. The monoisotopic (exact) mass is 435 g/mol. The molecule has 1 unspecified atom stereocenters. The van der Waals surface area contributed by atoms with E-state index >= 15 is 0 Å². The van der Waals surface area contributed by atoms with Crippen LogP contribution in [-0.4, -0.2) is 39.6 Å². The molecule has 0 bridgehead atoms. The van der Waals surface area contributed by atoms with Gasteiger partial charge in [-0.3, -0.25) is 4.79 Å². The van der Waals surface area contributed by atoms with Crippen molar-refractivity contribution in [2.45, 2.75) is 25.9 Å². The highest BCUT2D eigenvalue weighted by Gasteiger charge is 2.33. The van der Waals surface area contributed by atoms with Gasteiger partial charge >= 0.3 is 6.61 Å². The summed E-state index contributed by atoms with van der Waals surface area (Å²) in [7, 11) is 1.36. The number of alkyl halides is 2. The second-order valence-electron chi connectivity index (χ2n) is 6.57. The second kappa shape index (κ2) is 7.86. The topological polar surface area (TPSA) is 91.2 Å². The Balaban J connectivity index is 1.79. The van der Waals surface area contributed by atoms with Crippen LogP contribution in [0.3, 0.4) is 0 Å². The van der Waals surface area contributed by atoms with Gasteiger partial charge in [0.05, 0.1) is 12.8 Å².